The van der Waals surface area contributed by atoms with Crippen LogP contribution in [0.3, 0.4) is 0 Å². The molecule has 0 aliphatic carbocycles. The largest absolute Gasteiger partial charge is 0.368 e. The summed E-state index contributed by atoms with van der Waals surface area (Å²) in [7, 11) is 0. The summed E-state index contributed by atoms with van der Waals surface area (Å²) >= 11 is 5.86. The summed E-state index contributed by atoms with van der Waals surface area (Å²) in [5.74, 6) is 0.703. The molecular formula is C15H17ClN4O2. The lowest BCUT2D eigenvalue weighted by atomic mass is 10.0. The minimum absolute atomic E-state index is 0.250. The quantitative estimate of drug-likeness (QED) is 0.933. The van der Waals surface area contributed by atoms with Crippen molar-refractivity contribution in [1.82, 2.24) is 15.0 Å². The SMILES string of the molecule is NC(=O)[C@@H]1CCCCN1Cc1nc(-c2ccc(Cl)cc2)no1. The Morgan fingerprint density at radius 1 is 1.36 bits per heavy atom. The average Bonchev–Trinajstić information content (AvgIpc) is 2.97. The number of rotatable bonds is 4. The van der Waals surface area contributed by atoms with Gasteiger partial charge in [-0.25, -0.2) is 0 Å². The fourth-order valence-corrected chi connectivity index (χ4v) is 2.84. The van der Waals surface area contributed by atoms with Crippen LogP contribution in [0.2, 0.25) is 5.02 Å². The van der Waals surface area contributed by atoms with Crippen LogP contribution in [0.1, 0.15) is 25.2 Å². The molecule has 1 fully saturated rings. The summed E-state index contributed by atoms with van der Waals surface area (Å²) in [5.41, 5.74) is 6.30. The van der Waals surface area contributed by atoms with Crippen molar-refractivity contribution < 1.29 is 9.32 Å². The van der Waals surface area contributed by atoms with Gasteiger partial charge in [0, 0.05) is 10.6 Å². The van der Waals surface area contributed by atoms with Crippen molar-refractivity contribution in [3.05, 3.63) is 35.2 Å². The Morgan fingerprint density at radius 3 is 2.86 bits per heavy atom. The third kappa shape index (κ3) is 3.28. The van der Waals surface area contributed by atoms with Gasteiger partial charge in [-0.2, -0.15) is 4.98 Å². The molecule has 1 aromatic carbocycles. The zero-order chi connectivity index (χ0) is 15.5. The summed E-state index contributed by atoms with van der Waals surface area (Å²) < 4.78 is 5.29. The Labute approximate surface area is 133 Å². The topological polar surface area (TPSA) is 85.3 Å². The van der Waals surface area contributed by atoms with E-state index in [0.717, 1.165) is 31.4 Å². The van der Waals surface area contributed by atoms with Crippen molar-refractivity contribution in [2.45, 2.75) is 31.8 Å². The normalized spacial score (nSPS) is 19.2. The third-order valence-electron chi connectivity index (χ3n) is 3.85. The lowest BCUT2D eigenvalue weighted by molar-refractivity contribution is -0.124. The number of carbonyl (C=O) groups is 1. The lowest BCUT2D eigenvalue weighted by Crippen LogP contribution is -2.47. The van der Waals surface area contributed by atoms with Crippen LogP contribution in [0, 0.1) is 0 Å². The maximum absolute atomic E-state index is 11.5. The van der Waals surface area contributed by atoms with Gasteiger partial charge in [0.1, 0.15) is 0 Å². The second kappa shape index (κ2) is 6.46. The fourth-order valence-electron chi connectivity index (χ4n) is 2.71. The van der Waals surface area contributed by atoms with Crippen molar-refractivity contribution in [3.8, 4) is 11.4 Å². The molecule has 0 radical (unpaired) electrons. The van der Waals surface area contributed by atoms with Gasteiger partial charge in [0.15, 0.2) is 0 Å². The third-order valence-corrected chi connectivity index (χ3v) is 4.10. The van der Waals surface area contributed by atoms with Crippen molar-refractivity contribution in [2.75, 3.05) is 6.54 Å². The average molecular weight is 321 g/mol. The van der Waals surface area contributed by atoms with E-state index in [1.165, 1.54) is 0 Å². The van der Waals surface area contributed by atoms with Gasteiger partial charge in [-0.15, -0.1) is 0 Å². The van der Waals surface area contributed by atoms with Crippen molar-refractivity contribution in [1.29, 1.82) is 0 Å². The lowest BCUT2D eigenvalue weighted by Gasteiger charge is -2.32. The molecule has 3 rings (SSSR count). The number of hydrogen-bond donors (Lipinski definition) is 1. The second-order valence-corrected chi connectivity index (χ2v) is 5.84. The maximum atomic E-state index is 11.5. The van der Waals surface area contributed by atoms with E-state index in [0.29, 0.717) is 23.3 Å². The summed E-state index contributed by atoms with van der Waals surface area (Å²) in [6.45, 7) is 1.25. The first-order valence-corrected chi connectivity index (χ1v) is 7.63. The van der Waals surface area contributed by atoms with Gasteiger partial charge in [0.25, 0.3) is 0 Å². The predicted molar refractivity (Wildman–Crippen MR) is 82.0 cm³/mol. The molecule has 6 nitrogen and oxygen atoms in total. The Kier molecular flexibility index (Phi) is 4.40. The first-order valence-electron chi connectivity index (χ1n) is 7.25. The van der Waals surface area contributed by atoms with E-state index in [4.69, 9.17) is 21.9 Å². The van der Waals surface area contributed by atoms with E-state index in [2.05, 4.69) is 10.1 Å². The minimum atomic E-state index is -0.294. The summed E-state index contributed by atoms with van der Waals surface area (Å²) in [6.07, 6.45) is 2.85. The molecule has 1 amide bonds. The van der Waals surface area contributed by atoms with Gasteiger partial charge >= 0.3 is 0 Å². The zero-order valence-corrected chi connectivity index (χ0v) is 12.8. The van der Waals surface area contributed by atoms with Gasteiger partial charge < -0.3 is 10.3 Å². The van der Waals surface area contributed by atoms with Crippen LogP contribution >= 0.6 is 11.6 Å². The van der Waals surface area contributed by atoms with Gasteiger partial charge in [-0.3, -0.25) is 9.69 Å². The molecule has 0 unspecified atom stereocenters. The fraction of sp³-hybridized carbons (Fsp3) is 0.400. The number of amides is 1. The molecule has 1 atom stereocenters. The monoisotopic (exact) mass is 320 g/mol. The molecule has 1 aliphatic heterocycles. The highest BCUT2D eigenvalue weighted by molar-refractivity contribution is 6.30. The number of nitrogens with zero attached hydrogens (tertiary/aromatic N) is 3. The first-order chi connectivity index (χ1) is 10.6. The van der Waals surface area contributed by atoms with Gasteiger partial charge in [-0.05, 0) is 43.7 Å². The molecule has 22 heavy (non-hydrogen) atoms. The summed E-state index contributed by atoms with van der Waals surface area (Å²) in [5, 5.41) is 4.64. The molecule has 0 bridgehead atoms. The molecule has 2 aromatic rings. The van der Waals surface area contributed by atoms with Crippen LogP contribution in [0.5, 0.6) is 0 Å². The van der Waals surface area contributed by atoms with Gasteiger partial charge in [-0.1, -0.05) is 23.2 Å². The van der Waals surface area contributed by atoms with Crippen LogP contribution in [-0.2, 0) is 11.3 Å². The van der Waals surface area contributed by atoms with E-state index >= 15 is 0 Å². The minimum Gasteiger partial charge on any atom is -0.368 e. The molecule has 2 N–H and O–H groups in total. The molecule has 1 aliphatic rings. The highest BCUT2D eigenvalue weighted by Gasteiger charge is 2.28. The number of carbonyl (C=O) groups excluding carboxylic acids is 1. The molecule has 2 heterocycles. The molecule has 7 heteroatoms. The van der Waals surface area contributed by atoms with E-state index in [1.54, 1.807) is 12.1 Å². The number of nitrogens with two attached hydrogens (primary N) is 1. The summed E-state index contributed by atoms with van der Waals surface area (Å²) in [4.78, 5) is 17.9. The molecule has 1 saturated heterocycles. The number of aromatic nitrogens is 2. The number of likely N-dealkylation sites (tertiary alicyclic amines) is 1. The molecule has 0 saturated carbocycles. The highest BCUT2D eigenvalue weighted by atomic mass is 35.5. The Bertz CT molecular complexity index is 656. The predicted octanol–water partition coefficient (Wildman–Crippen LogP) is 2.23. The van der Waals surface area contributed by atoms with Gasteiger partial charge in [0.2, 0.25) is 17.6 Å². The number of primary amides is 1. The van der Waals surface area contributed by atoms with Crippen LogP contribution in [0.4, 0.5) is 0 Å². The van der Waals surface area contributed by atoms with Crippen molar-refractivity contribution in [2.24, 2.45) is 5.73 Å². The van der Waals surface area contributed by atoms with E-state index in [9.17, 15) is 4.79 Å². The zero-order valence-electron chi connectivity index (χ0n) is 12.0. The van der Waals surface area contributed by atoms with E-state index in [-0.39, 0.29) is 11.9 Å². The van der Waals surface area contributed by atoms with Crippen LogP contribution in [0.25, 0.3) is 11.4 Å². The second-order valence-electron chi connectivity index (χ2n) is 5.40. The maximum Gasteiger partial charge on any atom is 0.241 e. The summed E-state index contributed by atoms with van der Waals surface area (Å²) in [6, 6.07) is 6.98. The number of piperidine rings is 1. The van der Waals surface area contributed by atoms with Crippen molar-refractivity contribution >= 4 is 17.5 Å². The van der Waals surface area contributed by atoms with Crippen LogP contribution in [0.15, 0.2) is 28.8 Å². The van der Waals surface area contributed by atoms with E-state index in [1.807, 2.05) is 17.0 Å². The van der Waals surface area contributed by atoms with Gasteiger partial charge in [0.05, 0.1) is 12.6 Å². The first kappa shape index (κ1) is 15.0. The van der Waals surface area contributed by atoms with E-state index < -0.39 is 0 Å². The molecular weight excluding hydrogens is 304 g/mol. The van der Waals surface area contributed by atoms with Crippen LogP contribution < -0.4 is 5.73 Å². The Balaban J connectivity index is 1.73. The molecule has 116 valence electrons. The Hall–Kier alpha value is -1.92. The highest BCUT2D eigenvalue weighted by Crippen LogP contribution is 2.22. The molecule has 1 aromatic heterocycles. The standard InChI is InChI=1S/C15H17ClN4O2/c16-11-6-4-10(5-7-11)15-18-13(22-19-15)9-20-8-2-1-3-12(20)14(17)21/h4-7,12H,1-3,8-9H2,(H2,17,21)/t12-/m0/s1. The number of hydrogen-bond acceptors (Lipinski definition) is 5. The van der Waals surface area contributed by atoms with Crippen molar-refractivity contribution in [3.63, 3.8) is 0 Å². The Morgan fingerprint density at radius 2 is 2.14 bits per heavy atom. The smallest absolute Gasteiger partial charge is 0.241 e. The molecule has 0 spiro atoms. The van der Waals surface area contributed by atoms with Crippen LogP contribution in [-0.4, -0.2) is 33.5 Å². The number of halogens is 1. The number of benzene rings is 1.